The molecule has 0 fully saturated rings. The number of hydrogen-bond acceptors (Lipinski definition) is 3. The Labute approximate surface area is 159 Å². The van der Waals surface area contributed by atoms with Gasteiger partial charge in [0.25, 0.3) is 0 Å². The summed E-state index contributed by atoms with van der Waals surface area (Å²) in [6.07, 6.45) is 2.35. The smallest absolute Gasteiger partial charge is 0.220 e. The molecule has 0 unspecified atom stereocenters. The number of halogens is 2. The lowest BCUT2D eigenvalue weighted by atomic mass is 10.1. The number of rotatable bonds is 6. The average molecular weight is 417 g/mol. The molecule has 1 N–H and O–H groups in total. The second-order valence-corrected chi connectivity index (χ2v) is 6.88. The van der Waals surface area contributed by atoms with E-state index in [0.29, 0.717) is 18.1 Å². The van der Waals surface area contributed by atoms with E-state index in [0.717, 1.165) is 15.6 Å². The molecule has 0 saturated heterocycles. The summed E-state index contributed by atoms with van der Waals surface area (Å²) in [5.74, 6) is 0.794. The fourth-order valence-corrected chi connectivity index (χ4v) is 2.81. The van der Waals surface area contributed by atoms with E-state index in [2.05, 4.69) is 26.2 Å². The van der Waals surface area contributed by atoms with E-state index in [9.17, 15) is 9.18 Å². The lowest BCUT2D eigenvalue weighted by Crippen LogP contribution is -2.26. The van der Waals surface area contributed by atoms with Gasteiger partial charge in [-0.25, -0.2) is 9.37 Å². The number of carbonyl (C=O) groups excluding carboxylic acids is 1. The Balaban J connectivity index is 1.53. The molecule has 0 aliphatic heterocycles. The van der Waals surface area contributed by atoms with Crippen LogP contribution in [-0.4, -0.2) is 10.9 Å². The Morgan fingerprint density at radius 1 is 1.19 bits per heavy atom. The SMILES string of the molecule is C[C@H](NC(=O)CCc1ncc(-c2ccc(Br)cc2)o1)c1ccc(F)cc1. The minimum atomic E-state index is -0.294. The number of nitrogens with one attached hydrogen (secondary N) is 1. The number of oxazole rings is 1. The van der Waals surface area contributed by atoms with E-state index in [1.54, 1.807) is 18.3 Å². The van der Waals surface area contributed by atoms with Gasteiger partial charge in [0, 0.05) is 22.9 Å². The highest BCUT2D eigenvalue weighted by Gasteiger charge is 2.12. The maximum atomic E-state index is 13.0. The van der Waals surface area contributed by atoms with Crippen molar-refractivity contribution in [1.29, 1.82) is 0 Å². The van der Waals surface area contributed by atoms with Crippen LogP contribution >= 0.6 is 15.9 Å². The number of nitrogens with zero attached hydrogens (tertiary/aromatic N) is 1. The molecule has 1 heterocycles. The molecular weight excluding hydrogens is 399 g/mol. The van der Waals surface area contributed by atoms with Crippen molar-refractivity contribution in [3.05, 3.63) is 76.5 Å². The van der Waals surface area contributed by atoms with Gasteiger partial charge in [-0.3, -0.25) is 4.79 Å². The van der Waals surface area contributed by atoms with Gasteiger partial charge in [-0.05, 0) is 36.8 Å². The molecule has 2 aromatic carbocycles. The molecule has 0 radical (unpaired) electrons. The normalized spacial score (nSPS) is 12.0. The van der Waals surface area contributed by atoms with Crippen molar-refractivity contribution in [2.45, 2.75) is 25.8 Å². The number of benzene rings is 2. The highest BCUT2D eigenvalue weighted by Crippen LogP contribution is 2.23. The third-order valence-corrected chi connectivity index (χ3v) is 4.52. The molecule has 4 nitrogen and oxygen atoms in total. The molecule has 0 aliphatic carbocycles. The topological polar surface area (TPSA) is 55.1 Å². The first-order valence-corrected chi connectivity index (χ1v) is 9.06. The van der Waals surface area contributed by atoms with Crippen LogP contribution in [0.5, 0.6) is 0 Å². The van der Waals surface area contributed by atoms with Crippen LogP contribution in [0.2, 0.25) is 0 Å². The maximum Gasteiger partial charge on any atom is 0.220 e. The van der Waals surface area contributed by atoms with Crippen molar-refractivity contribution in [2.24, 2.45) is 0 Å². The monoisotopic (exact) mass is 416 g/mol. The summed E-state index contributed by atoms with van der Waals surface area (Å²) in [6, 6.07) is 13.6. The Morgan fingerprint density at radius 2 is 1.88 bits per heavy atom. The van der Waals surface area contributed by atoms with E-state index in [4.69, 9.17) is 4.42 Å². The number of hydrogen-bond donors (Lipinski definition) is 1. The second-order valence-electron chi connectivity index (χ2n) is 5.97. The van der Waals surface area contributed by atoms with E-state index >= 15 is 0 Å². The molecule has 6 heteroatoms. The minimum Gasteiger partial charge on any atom is -0.441 e. The van der Waals surface area contributed by atoms with Gasteiger partial charge in [-0.1, -0.05) is 40.2 Å². The minimum absolute atomic E-state index is 0.106. The molecule has 3 aromatic rings. The van der Waals surface area contributed by atoms with Crippen LogP contribution in [-0.2, 0) is 11.2 Å². The number of carbonyl (C=O) groups is 1. The third-order valence-electron chi connectivity index (χ3n) is 4.00. The van der Waals surface area contributed by atoms with Crippen molar-refractivity contribution in [2.75, 3.05) is 0 Å². The Kier molecular flexibility index (Phi) is 5.83. The second kappa shape index (κ2) is 8.27. The lowest BCUT2D eigenvalue weighted by molar-refractivity contribution is -0.121. The third kappa shape index (κ3) is 4.79. The zero-order valence-electron chi connectivity index (χ0n) is 14.2. The predicted octanol–water partition coefficient (Wildman–Crippen LogP) is 5.05. The van der Waals surface area contributed by atoms with Gasteiger partial charge in [0.05, 0.1) is 12.2 Å². The molecule has 0 spiro atoms. The summed E-state index contributed by atoms with van der Waals surface area (Å²) in [7, 11) is 0. The Hall–Kier alpha value is -2.47. The van der Waals surface area contributed by atoms with Crippen molar-refractivity contribution < 1.29 is 13.6 Å². The predicted molar refractivity (Wildman–Crippen MR) is 101 cm³/mol. The standard InChI is InChI=1S/C20H18BrFN2O2/c1-13(14-4-8-17(22)9-5-14)24-19(25)10-11-20-23-12-18(26-20)15-2-6-16(21)7-3-15/h2-9,12-13H,10-11H2,1H3,(H,24,25)/t13-/m0/s1. The first kappa shape index (κ1) is 18.3. The van der Waals surface area contributed by atoms with Crippen LogP contribution in [0.25, 0.3) is 11.3 Å². The first-order valence-electron chi connectivity index (χ1n) is 8.27. The molecule has 134 valence electrons. The summed E-state index contributed by atoms with van der Waals surface area (Å²) < 4.78 is 19.7. The summed E-state index contributed by atoms with van der Waals surface area (Å²) in [5, 5.41) is 2.89. The van der Waals surface area contributed by atoms with E-state index in [1.807, 2.05) is 31.2 Å². The van der Waals surface area contributed by atoms with Gasteiger partial charge in [0.15, 0.2) is 11.7 Å². The van der Waals surface area contributed by atoms with Gasteiger partial charge in [0.2, 0.25) is 5.91 Å². The molecule has 1 atom stereocenters. The zero-order chi connectivity index (χ0) is 18.5. The summed E-state index contributed by atoms with van der Waals surface area (Å²) in [5.41, 5.74) is 1.79. The Bertz CT molecular complexity index is 876. The Morgan fingerprint density at radius 3 is 2.58 bits per heavy atom. The van der Waals surface area contributed by atoms with E-state index < -0.39 is 0 Å². The molecule has 3 rings (SSSR count). The van der Waals surface area contributed by atoms with E-state index in [-0.39, 0.29) is 24.2 Å². The fourth-order valence-electron chi connectivity index (χ4n) is 2.54. The van der Waals surface area contributed by atoms with Crippen molar-refractivity contribution in [1.82, 2.24) is 10.3 Å². The van der Waals surface area contributed by atoms with Crippen LogP contribution in [0.1, 0.15) is 30.8 Å². The number of aromatic nitrogens is 1. The molecule has 0 aliphatic rings. The molecule has 26 heavy (non-hydrogen) atoms. The van der Waals surface area contributed by atoms with Crippen molar-refractivity contribution >= 4 is 21.8 Å². The van der Waals surface area contributed by atoms with Crippen LogP contribution in [0.4, 0.5) is 4.39 Å². The summed E-state index contributed by atoms with van der Waals surface area (Å²) in [6.45, 7) is 1.86. The van der Waals surface area contributed by atoms with Gasteiger partial charge in [0.1, 0.15) is 5.82 Å². The van der Waals surface area contributed by atoms with Gasteiger partial charge < -0.3 is 9.73 Å². The largest absolute Gasteiger partial charge is 0.441 e. The summed E-state index contributed by atoms with van der Waals surface area (Å²) >= 11 is 3.39. The highest BCUT2D eigenvalue weighted by atomic mass is 79.9. The average Bonchev–Trinajstić information content (AvgIpc) is 3.10. The molecule has 0 saturated carbocycles. The molecule has 1 amide bonds. The number of aryl methyl sites for hydroxylation is 1. The van der Waals surface area contributed by atoms with Gasteiger partial charge in [-0.2, -0.15) is 0 Å². The van der Waals surface area contributed by atoms with Crippen LogP contribution < -0.4 is 5.32 Å². The fraction of sp³-hybridized carbons (Fsp3) is 0.200. The van der Waals surface area contributed by atoms with Crippen molar-refractivity contribution in [3.8, 4) is 11.3 Å². The van der Waals surface area contributed by atoms with Crippen LogP contribution in [0.15, 0.2) is 63.6 Å². The summed E-state index contributed by atoms with van der Waals surface area (Å²) in [4.78, 5) is 16.4. The number of amides is 1. The quantitative estimate of drug-likeness (QED) is 0.611. The highest BCUT2D eigenvalue weighted by molar-refractivity contribution is 9.10. The van der Waals surface area contributed by atoms with Crippen LogP contribution in [0, 0.1) is 5.82 Å². The molecule has 0 bridgehead atoms. The van der Waals surface area contributed by atoms with Crippen molar-refractivity contribution in [3.63, 3.8) is 0 Å². The van der Waals surface area contributed by atoms with Gasteiger partial charge >= 0.3 is 0 Å². The van der Waals surface area contributed by atoms with Gasteiger partial charge in [-0.15, -0.1) is 0 Å². The molecule has 1 aromatic heterocycles. The lowest BCUT2D eigenvalue weighted by Gasteiger charge is -2.14. The molecular formula is C20H18BrFN2O2. The van der Waals surface area contributed by atoms with Crippen LogP contribution in [0.3, 0.4) is 0 Å². The van der Waals surface area contributed by atoms with E-state index in [1.165, 1.54) is 12.1 Å². The maximum absolute atomic E-state index is 13.0. The zero-order valence-corrected chi connectivity index (χ0v) is 15.8. The first-order chi connectivity index (χ1) is 12.5.